The van der Waals surface area contributed by atoms with Gasteiger partial charge in [0.25, 0.3) is 5.91 Å². The van der Waals surface area contributed by atoms with E-state index in [2.05, 4.69) is 10.3 Å². The Morgan fingerprint density at radius 2 is 2.08 bits per heavy atom. The monoisotopic (exact) mass is 333 g/mol. The maximum absolute atomic E-state index is 13.9. The van der Waals surface area contributed by atoms with Crippen molar-refractivity contribution in [2.75, 3.05) is 19.6 Å². The first kappa shape index (κ1) is 16.0. The van der Waals surface area contributed by atoms with Gasteiger partial charge in [0.15, 0.2) is 0 Å². The summed E-state index contributed by atoms with van der Waals surface area (Å²) in [7, 11) is 0. The summed E-state index contributed by atoms with van der Waals surface area (Å²) in [6.07, 6.45) is -0.246. The molecule has 3 N–H and O–H groups in total. The standard InChI is InChI=1S/C16H16FN3O4/c17-16(15(23)24)5-6-20(9-16)13(21)8-18-14(22)12-7-10-3-1-2-4-11(10)19-12/h1-4,7,19H,5-6,8-9H2,(H,18,22)(H,23,24). The number of halogens is 1. The molecular weight excluding hydrogens is 317 g/mol. The molecule has 1 aromatic heterocycles. The van der Waals surface area contributed by atoms with E-state index in [0.29, 0.717) is 5.69 Å². The Morgan fingerprint density at radius 3 is 2.75 bits per heavy atom. The third-order valence-electron chi connectivity index (χ3n) is 4.13. The van der Waals surface area contributed by atoms with Gasteiger partial charge in [-0.3, -0.25) is 9.59 Å². The number of nitrogens with zero attached hydrogens (tertiary/aromatic N) is 1. The average molecular weight is 333 g/mol. The van der Waals surface area contributed by atoms with Crippen LogP contribution in [0.3, 0.4) is 0 Å². The van der Waals surface area contributed by atoms with Gasteiger partial charge in [-0.05, 0) is 12.1 Å². The van der Waals surface area contributed by atoms with E-state index in [0.717, 1.165) is 15.8 Å². The van der Waals surface area contributed by atoms with Crippen LogP contribution in [0.2, 0.25) is 0 Å². The Morgan fingerprint density at radius 1 is 1.33 bits per heavy atom. The number of nitrogens with one attached hydrogen (secondary N) is 2. The number of benzene rings is 1. The van der Waals surface area contributed by atoms with Crippen LogP contribution in [0.1, 0.15) is 16.9 Å². The van der Waals surface area contributed by atoms with E-state index in [1.165, 1.54) is 0 Å². The van der Waals surface area contributed by atoms with Crippen molar-refractivity contribution in [3.63, 3.8) is 0 Å². The number of carboxylic acid groups (broad SMARTS) is 1. The summed E-state index contributed by atoms with van der Waals surface area (Å²) in [5.74, 6) is -2.54. The summed E-state index contributed by atoms with van der Waals surface area (Å²) in [4.78, 5) is 39.0. The lowest BCUT2D eigenvalue weighted by atomic mass is 10.1. The SMILES string of the molecule is O=C(NCC(=O)N1CCC(F)(C(=O)O)C1)c1cc2ccccc2[nH]1. The molecule has 7 nitrogen and oxygen atoms in total. The Bertz CT molecular complexity index is 786. The van der Waals surface area contributed by atoms with Crippen LogP contribution in [0.15, 0.2) is 30.3 Å². The number of aliphatic carboxylic acids is 1. The predicted molar refractivity (Wildman–Crippen MR) is 83.3 cm³/mol. The number of aromatic amines is 1. The van der Waals surface area contributed by atoms with Crippen LogP contribution in [0, 0.1) is 0 Å². The van der Waals surface area contributed by atoms with Gasteiger partial charge in [0, 0.05) is 23.9 Å². The van der Waals surface area contributed by atoms with Gasteiger partial charge >= 0.3 is 5.97 Å². The molecule has 24 heavy (non-hydrogen) atoms. The number of para-hydroxylation sites is 1. The molecule has 0 aliphatic carbocycles. The molecule has 2 amide bonds. The molecule has 8 heteroatoms. The molecule has 2 aromatic rings. The molecule has 0 saturated carbocycles. The van der Waals surface area contributed by atoms with Crippen LogP contribution in [-0.4, -0.2) is 58.1 Å². The molecule has 1 atom stereocenters. The van der Waals surface area contributed by atoms with E-state index >= 15 is 0 Å². The van der Waals surface area contributed by atoms with Crippen LogP contribution in [0.25, 0.3) is 10.9 Å². The number of carbonyl (C=O) groups excluding carboxylic acids is 2. The smallest absolute Gasteiger partial charge is 0.343 e. The van der Waals surface area contributed by atoms with Gasteiger partial charge in [0.2, 0.25) is 11.6 Å². The summed E-state index contributed by atoms with van der Waals surface area (Å²) in [5.41, 5.74) is -1.29. The summed E-state index contributed by atoms with van der Waals surface area (Å²) in [6, 6.07) is 9.03. The third-order valence-corrected chi connectivity index (χ3v) is 4.13. The van der Waals surface area contributed by atoms with E-state index in [1.54, 1.807) is 6.07 Å². The Balaban J connectivity index is 1.58. The number of carboxylic acids is 1. The van der Waals surface area contributed by atoms with E-state index in [1.807, 2.05) is 24.3 Å². The van der Waals surface area contributed by atoms with Crippen molar-refractivity contribution in [2.24, 2.45) is 0 Å². The van der Waals surface area contributed by atoms with Crippen LogP contribution >= 0.6 is 0 Å². The van der Waals surface area contributed by atoms with E-state index in [9.17, 15) is 18.8 Å². The lowest BCUT2D eigenvalue weighted by Crippen LogP contribution is -2.42. The minimum absolute atomic E-state index is 0.0177. The number of carbonyl (C=O) groups is 3. The lowest BCUT2D eigenvalue weighted by molar-refractivity contribution is -0.150. The van der Waals surface area contributed by atoms with Gasteiger partial charge in [-0.25, -0.2) is 9.18 Å². The first-order valence-electron chi connectivity index (χ1n) is 7.45. The molecule has 126 valence electrons. The van der Waals surface area contributed by atoms with Crippen molar-refractivity contribution in [3.8, 4) is 0 Å². The quantitative estimate of drug-likeness (QED) is 0.774. The highest BCUT2D eigenvalue weighted by atomic mass is 19.1. The van der Waals surface area contributed by atoms with Gasteiger partial charge in [0.1, 0.15) is 5.69 Å². The Kier molecular flexibility index (Phi) is 3.96. The number of amides is 2. The van der Waals surface area contributed by atoms with Crippen molar-refractivity contribution in [1.29, 1.82) is 0 Å². The highest BCUT2D eigenvalue weighted by molar-refractivity contribution is 5.99. The van der Waals surface area contributed by atoms with Crippen molar-refractivity contribution < 1.29 is 23.9 Å². The zero-order valence-corrected chi connectivity index (χ0v) is 12.7. The number of H-pyrrole nitrogens is 1. The Labute approximate surface area is 136 Å². The number of hydrogen-bond donors (Lipinski definition) is 3. The van der Waals surface area contributed by atoms with Crippen molar-refractivity contribution in [2.45, 2.75) is 12.1 Å². The molecule has 0 bridgehead atoms. The largest absolute Gasteiger partial charge is 0.479 e. The zero-order chi connectivity index (χ0) is 17.3. The third kappa shape index (κ3) is 2.94. The maximum Gasteiger partial charge on any atom is 0.343 e. The fourth-order valence-corrected chi connectivity index (χ4v) is 2.72. The zero-order valence-electron chi connectivity index (χ0n) is 12.7. The highest BCUT2D eigenvalue weighted by Gasteiger charge is 2.46. The Hall–Kier alpha value is -2.90. The lowest BCUT2D eigenvalue weighted by Gasteiger charge is -2.17. The summed E-state index contributed by atoms with van der Waals surface area (Å²) >= 11 is 0. The highest BCUT2D eigenvalue weighted by Crippen LogP contribution is 2.25. The molecule has 1 aliphatic rings. The maximum atomic E-state index is 13.9. The van der Waals surface area contributed by atoms with Crippen LogP contribution in [-0.2, 0) is 9.59 Å². The van der Waals surface area contributed by atoms with E-state index < -0.39 is 30.0 Å². The number of hydrogen-bond acceptors (Lipinski definition) is 3. The topological polar surface area (TPSA) is 102 Å². The van der Waals surface area contributed by atoms with Gasteiger partial charge in [-0.1, -0.05) is 18.2 Å². The molecule has 0 radical (unpaired) electrons. The van der Waals surface area contributed by atoms with Crippen LogP contribution in [0.4, 0.5) is 4.39 Å². The molecule has 0 spiro atoms. The number of fused-ring (bicyclic) bond motifs is 1. The molecular formula is C16H16FN3O4. The number of alkyl halides is 1. The average Bonchev–Trinajstić information content (AvgIpc) is 3.16. The second-order valence-electron chi connectivity index (χ2n) is 5.79. The molecule has 1 saturated heterocycles. The summed E-state index contributed by atoms with van der Waals surface area (Å²) in [6.45, 7) is -0.794. The molecule has 1 aliphatic heterocycles. The van der Waals surface area contributed by atoms with Crippen molar-refractivity contribution >= 4 is 28.7 Å². The first-order chi connectivity index (χ1) is 11.4. The molecule has 2 heterocycles. The van der Waals surface area contributed by atoms with E-state index in [-0.39, 0.29) is 19.5 Å². The number of likely N-dealkylation sites (tertiary alicyclic amines) is 1. The van der Waals surface area contributed by atoms with Crippen LogP contribution in [0.5, 0.6) is 0 Å². The van der Waals surface area contributed by atoms with Gasteiger partial charge in [0.05, 0.1) is 13.1 Å². The second kappa shape index (κ2) is 5.95. The summed E-state index contributed by atoms with van der Waals surface area (Å²) < 4.78 is 13.9. The van der Waals surface area contributed by atoms with Gasteiger partial charge in [-0.2, -0.15) is 0 Å². The number of rotatable bonds is 4. The molecule has 1 aromatic carbocycles. The van der Waals surface area contributed by atoms with Crippen molar-refractivity contribution in [3.05, 3.63) is 36.0 Å². The molecule has 3 rings (SSSR count). The fourth-order valence-electron chi connectivity index (χ4n) is 2.72. The first-order valence-corrected chi connectivity index (χ1v) is 7.45. The molecule has 1 fully saturated rings. The van der Waals surface area contributed by atoms with Gasteiger partial charge in [-0.15, -0.1) is 0 Å². The normalized spacial score (nSPS) is 20.3. The number of aromatic nitrogens is 1. The fraction of sp³-hybridized carbons (Fsp3) is 0.312. The van der Waals surface area contributed by atoms with Gasteiger partial charge < -0.3 is 20.3 Å². The van der Waals surface area contributed by atoms with E-state index in [4.69, 9.17) is 5.11 Å². The minimum Gasteiger partial charge on any atom is -0.479 e. The minimum atomic E-state index is -2.41. The second-order valence-corrected chi connectivity index (χ2v) is 5.79. The molecule has 1 unspecified atom stereocenters. The van der Waals surface area contributed by atoms with Crippen LogP contribution < -0.4 is 5.32 Å². The van der Waals surface area contributed by atoms with Crippen molar-refractivity contribution in [1.82, 2.24) is 15.2 Å². The predicted octanol–water partition coefficient (Wildman–Crippen LogP) is 0.923. The summed E-state index contributed by atoms with van der Waals surface area (Å²) in [5, 5.41) is 12.2.